The van der Waals surface area contributed by atoms with E-state index >= 15 is 0 Å². The van der Waals surface area contributed by atoms with E-state index in [-0.39, 0.29) is 11.9 Å². The molecule has 0 radical (unpaired) electrons. The van der Waals surface area contributed by atoms with Crippen molar-refractivity contribution < 1.29 is 14.1 Å². The number of halogens is 1. The van der Waals surface area contributed by atoms with Crippen molar-refractivity contribution in [2.45, 2.75) is 19.9 Å². The number of nitrogens with zero attached hydrogens (tertiary/aromatic N) is 6. The van der Waals surface area contributed by atoms with Gasteiger partial charge < -0.3 is 19.1 Å². The summed E-state index contributed by atoms with van der Waals surface area (Å²) in [5.74, 6) is 1.94. The second kappa shape index (κ2) is 8.64. The fraction of sp³-hybridized carbons (Fsp3) is 0.579. The summed E-state index contributed by atoms with van der Waals surface area (Å²) in [6, 6.07) is 1.79. The van der Waals surface area contributed by atoms with Gasteiger partial charge in [-0.05, 0) is 19.9 Å². The zero-order valence-electron chi connectivity index (χ0n) is 16.7. The summed E-state index contributed by atoms with van der Waals surface area (Å²) < 4.78 is 10.6. The molecule has 1 atom stereocenters. The lowest BCUT2D eigenvalue weighted by atomic mass is 10.2. The second-order valence-corrected chi connectivity index (χ2v) is 7.72. The van der Waals surface area contributed by atoms with Gasteiger partial charge in [0.05, 0.1) is 29.8 Å². The average molecular weight is 421 g/mol. The highest BCUT2D eigenvalue weighted by Crippen LogP contribution is 2.27. The van der Waals surface area contributed by atoms with Crippen molar-refractivity contribution >= 4 is 23.3 Å². The van der Waals surface area contributed by atoms with Crippen molar-refractivity contribution in [3.8, 4) is 0 Å². The lowest BCUT2D eigenvalue weighted by Gasteiger charge is -2.37. The van der Waals surface area contributed by atoms with E-state index in [0.29, 0.717) is 54.4 Å². The molecule has 10 heteroatoms. The van der Waals surface area contributed by atoms with Gasteiger partial charge in [0.25, 0.3) is 5.91 Å². The summed E-state index contributed by atoms with van der Waals surface area (Å²) in [6.45, 7) is 9.42. The second-order valence-electron chi connectivity index (χ2n) is 7.31. The van der Waals surface area contributed by atoms with E-state index in [4.69, 9.17) is 20.9 Å². The lowest BCUT2D eigenvalue weighted by molar-refractivity contribution is 0.0302. The number of anilines is 1. The zero-order valence-corrected chi connectivity index (χ0v) is 17.4. The first-order valence-corrected chi connectivity index (χ1v) is 10.2. The van der Waals surface area contributed by atoms with Gasteiger partial charge >= 0.3 is 0 Å². The summed E-state index contributed by atoms with van der Waals surface area (Å²) >= 11 is 6.50. The van der Waals surface area contributed by atoms with Crippen molar-refractivity contribution in [1.29, 1.82) is 0 Å². The van der Waals surface area contributed by atoms with Crippen LogP contribution in [0.25, 0.3) is 0 Å². The van der Waals surface area contributed by atoms with E-state index in [0.717, 1.165) is 26.2 Å². The van der Waals surface area contributed by atoms with Gasteiger partial charge in [-0.2, -0.15) is 4.98 Å². The van der Waals surface area contributed by atoms with Crippen LogP contribution in [0.15, 0.2) is 16.8 Å². The Balaban J connectivity index is 1.39. The SMILES string of the molecule is Cc1noc(C(C)N2CCN(c3ncc(C(=O)N4CCOCC4)cc3Cl)CC2)n1. The smallest absolute Gasteiger partial charge is 0.255 e. The lowest BCUT2D eigenvalue weighted by Crippen LogP contribution is -2.47. The van der Waals surface area contributed by atoms with Crippen LogP contribution < -0.4 is 4.90 Å². The van der Waals surface area contributed by atoms with E-state index in [9.17, 15) is 4.79 Å². The van der Waals surface area contributed by atoms with Gasteiger partial charge in [-0.25, -0.2) is 4.98 Å². The van der Waals surface area contributed by atoms with Crippen LogP contribution in [0.4, 0.5) is 5.82 Å². The average Bonchev–Trinajstić information content (AvgIpc) is 3.20. The van der Waals surface area contributed by atoms with Crippen LogP contribution in [0.1, 0.15) is 35.0 Å². The number of ether oxygens (including phenoxy) is 1. The topological polar surface area (TPSA) is 87.8 Å². The van der Waals surface area contributed by atoms with Crippen LogP contribution in [-0.2, 0) is 4.74 Å². The van der Waals surface area contributed by atoms with Gasteiger partial charge in [0.2, 0.25) is 5.89 Å². The Kier molecular flexibility index (Phi) is 5.98. The first-order valence-electron chi connectivity index (χ1n) is 9.84. The zero-order chi connectivity index (χ0) is 20.4. The molecule has 156 valence electrons. The number of carbonyl (C=O) groups is 1. The first-order chi connectivity index (χ1) is 14.0. The normalized spacial score (nSPS) is 19.4. The number of hydrogen-bond acceptors (Lipinski definition) is 8. The molecule has 2 aromatic rings. The number of pyridine rings is 1. The van der Waals surface area contributed by atoms with Gasteiger partial charge in [-0.1, -0.05) is 16.8 Å². The van der Waals surface area contributed by atoms with Crippen LogP contribution >= 0.6 is 11.6 Å². The minimum atomic E-state index is -0.0530. The molecule has 0 aromatic carbocycles. The molecule has 2 aliphatic heterocycles. The Morgan fingerprint density at radius 2 is 1.90 bits per heavy atom. The van der Waals surface area contributed by atoms with Gasteiger partial charge in [0.15, 0.2) is 5.82 Å². The summed E-state index contributed by atoms with van der Waals surface area (Å²) in [7, 11) is 0. The van der Waals surface area contributed by atoms with Gasteiger partial charge in [-0.15, -0.1) is 0 Å². The van der Waals surface area contributed by atoms with Crippen molar-refractivity contribution in [3.05, 3.63) is 34.6 Å². The molecule has 29 heavy (non-hydrogen) atoms. The molecule has 2 fully saturated rings. The number of aromatic nitrogens is 3. The molecule has 4 rings (SSSR count). The van der Waals surface area contributed by atoms with Crippen molar-refractivity contribution in [1.82, 2.24) is 24.9 Å². The predicted molar refractivity (Wildman–Crippen MR) is 107 cm³/mol. The van der Waals surface area contributed by atoms with E-state index in [2.05, 4.69) is 31.8 Å². The molecular formula is C19H25ClN6O3. The Labute approximate surface area is 174 Å². The fourth-order valence-electron chi connectivity index (χ4n) is 3.69. The van der Waals surface area contributed by atoms with Crippen LogP contribution in [-0.4, -0.2) is 83.3 Å². The molecule has 2 aromatic heterocycles. The summed E-state index contributed by atoms with van der Waals surface area (Å²) in [5.41, 5.74) is 0.514. The number of hydrogen-bond donors (Lipinski definition) is 0. The number of rotatable bonds is 4. The van der Waals surface area contributed by atoms with Crippen molar-refractivity contribution in [2.24, 2.45) is 0 Å². The van der Waals surface area contributed by atoms with Crippen LogP contribution in [0.2, 0.25) is 5.02 Å². The Hall–Kier alpha value is -2.23. The highest BCUT2D eigenvalue weighted by Gasteiger charge is 2.27. The van der Waals surface area contributed by atoms with Crippen molar-refractivity contribution in [3.63, 3.8) is 0 Å². The van der Waals surface area contributed by atoms with Gasteiger partial charge in [-0.3, -0.25) is 9.69 Å². The highest BCUT2D eigenvalue weighted by atomic mass is 35.5. The monoisotopic (exact) mass is 420 g/mol. The highest BCUT2D eigenvalue weighted by molar-refractivity contribution is 6.33. The summed E-state index contributed by atoms with van der Waals surface area (Å²) in [6.07, 6.45) is 1.62. The number of morpholine rings is 1. The molecule has 1 amide bonds. The predicted octanol–water partition coefficient (Wildman–Crippen LogP) is 1.78. The number of amides is 1. The van der Waals surface area contributed by atoms with Crippen molar-refractivity contribution in [2.75, 3.05) is 57.4 Å². The molecule has 2 aliphatic rings. The van der Waals surface area contributed by atoms with Crippen LogP contribution in [0, 0.1) is 6.92 Å². The quantitative estimate of drug-likeness (QED) is 0.739. The number of aryl methyl sites for hydroxylation is 1. The molecule has 0 bridgehead atoms. The molecule has 0 saturated carbocycles. The molecule has 0 spiro atoms. The molecule has 4 heterocycles. The Morgan fingerprint density at radius 1 is 1.17 bits per heavy atom. The third-order valence-electron chi connectivity index (χ3n) is 5.43. The Bertz CT molecular complexity index is 861. The Morgan fingerprint density at radius 3 is 2.52 bits per heavy atom. The number of carbonyl (C=O) groups excluding carboxylic acids is 1. The molecule has 1 unspecified atom stereocenters. The van der Waals surface area contributed by atoms with Gasteiger partial charge in [0, 0.05) is 45.5 Å². The molecule has 9 nitrogen and oxygen atoms in total. The summed E-state index contributed by atoms with van der Waals surface area (Å²) in [5, 5.41) is 4.37. The fourth-order valence-corrected chi connectivity index (χ4v) is 3.98. The van der Waals surface area contributed by atoms with E-state index in [1.165, 1.54) is 0 Å². The van der Waals surface area contributed by atoms with E-state index in [1.807, 2.05) is 6.92 Å². The van der Waals surface area contributed by atoms with Gasteiger partial charge in [0.1, 0.15) is 5.82 Å². The largest absolute Gasteiger partial charge is 0.378 e. The first kappa shape index (κ1) is 20.1. The molecule has 2 saturated heterocycles. The maximum Gasteiger partial charge on any atom is 0.255 e. The standard InChI is InChI=1S/C19H25ClN6O3/c1-13(18-22-14(2)23-29-18)24-3-5-25(6-4-24)17-16(20)11-15(12-21-17)19(27)26-7-9-28-10-8-26/h11-13H,3-10H2,1-2H3. The third kappa shape index (κ3) is 4.36. The van der Waals surface area contributed by atoms with Crippen LogP contribution in [0.5, 0.6) is 0 Å². The third-order valence-corrected chi connectivity index (χ3v) is 5.71. The summed E-state index contributed by atoms with van der Waals surface area (Å²) in [4.78, 5) is 27.7. The van der Waals surface area contributed by atoms with Crippen LogP contribution in [0.3, 0.4) is 0 Å². The maximum atomic E-state index is 12.6. The number of piperazine rings is 1. The minimum absolute atomic E-state index is 0.0530. The molecule has 0 N–H and O–H groups in total. The molecule has 0 aliphatic carbocycles. The molecular weight excluding hydrogens is 396 g/mol. The van der Waals surface area contributed by atoms with E-state index in [1.54, 1.807) is 17.2 Å². The minimum Gasteiger partial charge on any atom is -0.378 e. The van der Waals surface area contributed by atoms with E-state index < -0.39 is 0 Å². The maximum absolute atomic E-state index is 12.6.